The molecule has 0 unspecified atom stereocenters. The first-order valence-electron chi connectivity index (χ1n) is 8.23. The van der Waals surface area contributed by atoms with Crippen LogP contribution in [-0.4, -0.2) is 54.0 Å². The number of rotatable bonds is 6. The number of nitrogens with zero attached hydrogens (tertiary/aromatic N) is 2. The molecule has 4 heteroatoms. The molecule has 4 nitrogen and oxygen atoms in total. The van der Waals surface area contributed by atoms with Crippen LogP contribution in [0.25, 0.3) is 0 Å². The molecule has 2 rings (SSSR count). The van der Waals surface area contributed by atoms with Crippen molar-refractivity contribution in [2.45, 2.75) is 38.6 Å². The molecule has 1 aromatic rings. The number of likely N-dealkylation sites (N-methyl/N-ethyl adjacent to an activating group) is 1. The average Bonchev–Trinajstić information content (AvgIpc) is 2.91. The lowest BCUT2D eigenvalue weighted by atomic mass is 9.98. The summed E-state index contributed by atoms with van der Waals surface area (Å²) >= 11 is 0. The highest BCUT2D eigenvalue weighted by atomic mass is 16.3. The molecule has 1 N–H and O–H groups in total. The van der Waals surface area contributed by atoms with Gasteiger partial charge in [0.05, 0.1) is 0 Å². The fourth-order valence-corrected chi connectivity index (χ4v) is 3.37. The molecular weight excluding hydrogens is 276 g/mol. The molecule has 1 amide bonds. The summed E-state index contributed by atoms with van der Waals surface area (Å²) in [5.74, 6) is 1.11. The maximum absolute atomic E-state index is 12.5. The first kappa shape index (κ1) is 16.8. The van der Waals surface area contributed by atoms with Gasteiger partial charge < -0.3 is 14.9 Å². The second-order valence-electron chi connectivity index (χ2n) is 6.54. The predicted octanol–water partition coefficient (Wildman–Crippen LogP) is 2.51. The zero-order valence-electron chi connectivity index (χ0n) is 14.0. The largest absolute Gasteiger partial charge is 0.508 e. The van der Waals surface area contributed by atoms with Crippen LogP contribution < -0.4 is 0 Å². The minimum Gasteiger partial charge on any atom is -0.508 e. The van der Waals surface area contributed by atoms with Gasteiger partial charge in [-0.15, -0.1) is 0 Å². The molecule has 1 saturated heterocycles. The third kappa shape index (κ3) is 4.23. The summed E-state index contributed by atoms with van der Waals surface area (Å²) < 4.78 is 0. The Morgan fingerprint density at radius 1 is 1.27 bits per heavy atom. The Kier molecular flexibility index (Phi) is 5.83. The molecule has 2 atom stereocenters. The van der Waals surface area contributed by atoms with Gasteiger partial charge in [0.2, 0.25) is 5.91 Å². The van der Waals surface area contributed by atoms with Gasteiger partial charge >= 0.3 is 0 Å². The van der Waals surface area contributed by atoms with Crippen molar-refractivity contribution in [3.63, 3.8) is 0 Å². The highest BCUT2D eigenvalue weighted by Crippen LogP contribution is 2.25. The molecule has 1 fully saturated rings. The van der Waals surface area contributed by atoms with Gasteiger partial charge in [0, 0.05) is 25.6 Å². The van der Waals surface area contributed by atoms with Gasteiger partial charge in [0.25, 0.3) is 0 Å². The molecule has 0 aromatic heterocycles. The molecular formula is C18H28N2O2. The van der Waals surface area contributed by atoms with E-state index < -0.39 is 0 Å². The van der Waals surface area contributed by atoms with E-state index in [9.17, 15) is 9.90 Å². The number of carbonyl (C=O) groups excluding carboxylic acids is 1. The van der Waals surface area contributed by atoms with E-state index in [2.05, 4.69) is 25.9 Å². The van der Waals surface area contributed by atoms with Crippen molar-refractivity contribution < 1.29 is 9.90 Å². The standard InChI is InChI=1S/C18H28N2O2/c1-4-5-15-12-20(13-17(15)19(2)3)18(22)11-8-14-6-9-16(21)10-7-14/h6-7,9-10,15,17,21H,4-5,8,11-13H2,1-3H3/t15-,17-/m0/s1. The maximum Gasteiger partial charge on any atom is 0.222 e. The van der Waals surface area contributed by atoms with Crippen molar-refractivity contribution in [2.75, 3.05) is 27.2 Å². The summed E-state index contributed by atoms with van der Waals surface area (Å²) in [5.41, 5.74) is 1.10. The number of carbonyl (C=O) groups is 1. The number of phenols is 1. The fraction of sp³-hybridized carbons (Fsp3) is 0.611. The lowest BCUT2D eigenvalue weighted by Crippen LogP contribution is -2.36. The van der Waals surface area contributed by atoms with E-state index in [1.165, 1.54) is 12.8 Å². The Balaban J connectivity index is 1.88. The Morgan fingerprint density at radius 2 is 1.95 bits per heavy atom. The van der Waals surface area contributed by atoms with Crippen LogP contribution in [-0.2, 0) is 11.2 Å². The minimum absolute atomic E-state index is 0.249. The van der Waals surface area contributed by atoms with Crippen LogP contribution in [0.5, 0.6) is 5.75 Å². The molecule has 1 aromatic carbocycles. The lowest BCUT2D eigenvalue weighted by Gasteiger charge is -2.24. The van der Waals surface area contributed by atoms with Gasteiger partial charge in [-0.2, -0.15) is 0 Å². The smallest absolute Gasteiger partial charge is 0.222 e. The third-order valence-electron chi connectivity index (χ3n) is 4.65. The molecule has 1 aliphatic heterocycles. The Morgan fingerprint density at radius 3 is 2.55 bits per heavy atom. The van der Waals surface area contributed by atoms with Crippen molar-refractivity contribution >= 4 is 5.91 Å². The van der Waals surface area contributed by atoms with Gasteiger partial charge in [0.1, 0.15) is 5.75 Å². The molecule has 122 valence electrons. The normalized spacial score (nSPS) is 21.5. The Hall–Kier alpha value is -1.55. The van der Waals surface area contributed by atoms with E-state index in [-0.39, 0.29) is 11.7 Å². The molecule has 0 radical (unpaired) electrons. The zero-order chi connectivity index (χ0) is 16.1. The topological polar surface area (TPSA) is 43.8 Å². The number of aromatic hydroxyl groups is 1. The number of amides is 1. The molecule has 0 spiro atoms. The summed E-state index contributed by atoms with van der Waals surface area (Å²) in [6.07, 6.45) is 3.64. The summed E-state index contributed by atoms with van der Waals surface area (Å²) in [7, 11) is 4.22. The van der Waals surface area contributed by atoms with Gasteiger partial charge in [-0.25, -0.2) is 0 Å². The Bertz CT molecular complexity index is 484. The van der Waals surface area contributed by atoms with Crippen molar-refractivity contribution in [3.8, 4) is 5.75 Å². The predicted molar refractivity (Wildman–Crippen MR) is 88.9 cm³/mol. The van der Waals surface area contributed by atoms with Gasteiger partial charge in [0.15, 0.2) is 0 Å². The van der Waals surface area contributed by atoms with Crippen LogP contribution in [0.2, 0.25) is 0 Å². The number of likely N-dealkylation sites (tertiary alicyclic amines) is 1. The minimum atomic E-state index is 0.249. The van der Waals surface area contributed by atoms with Crippen LogP contribution in [0.3, 0.4) is 0 Å². The number of benzene rings is 1. The second-order valence-corrected chi connectivity index (χ2v) is 6.54. The van der Waals surface area contributed by atoms with Crippen molar-refractivity contribution in [2.24, 2.45) is 5.92 Å². The molecule has 0 bridgehead atoms. The average molecular weight is 304 g/mol. The first-order chi connectivity index (χ1) is 10.5. The van der Waals surface area contributed by atoms with E-state index in [1.54, 1.807) is 12.1 Å². The maximum atomic E-state index is 12.5. The number of hydrogen-bond acceptors (Lipinski definition) is 3. The van der Waals surface area contributed by atoms with Crippen molar-refractivity contribution in [3.05, 3.63) is 29.8 Å². The van der Waals surface area contributed by atoms with E-state index in [4.69, 9.17) is 0 Å². The quantitative estimate of drug-likeness (QED) is 0.878. The second kappa shape index (κ2) is 7.63. The molecule has 1 heterocycles. The first-order valence-corrected chi connectivity index (χ1v) is 8.23. The molecule has 22 heavy (non-hydrogen) atoms. The summed E-state index contributed by atoms with van der Waals surface area (Å²) in [6, 6.07) is 7.60. The van der Waals surface area contributed by atoms with E-state index in [1.807, 2.05) is 17.0 Å². The SMILES string of the molecule is CCC[C@H]1CN(C(=O)CCc2ccc(O)cc2)C[C@@H]1N(C)C. The third-order valence-corrected chi connectivity index (χ3v) is 4.65. The highest BCUT2D eigenvalue weighted by molar-refractivity contribution is 5.76. The number of phenolic OH excluding ortho intramolecular Hbond substituents is 1. The van der Waals surface area contributed by atoms with Crippen LogP contribution in [0.1, 0.15) is 31.7 Å². The van der Waals surface area contributed by atoms with Crippen LogP contribution in [0, 0.1) is 5.92 Å². The monoisotopic (exact) mass is 304 g/mol. The van der Waals surface area contributed by atoms with Gasteiger partial charge in [-0.05, 0) is 50.6 Å². The number of hydrogen-bond donors (Lipinski definition) is 1. The molecule has 0 aliphatic carbocycles. The molecule has 1 aliphatic rings. The van der Waals surface area contributed by atoms with Gasteiger partial charge in [-0.3, -0.25) is 4.79 Å². The van der Waals surface area contributed by atoms with Crippen LogP contribution in [0.4, 0.5) is 0 Å². The Labute approximate surface area is 133 Å². The lowest BCUT2D eigenvalue weighted by molar-refractivity contribution is -0.130. The van der Waals surface area contributed by atoms with E-state index >= 15 is 0 Å². The molecule has 0 saturated carbocycles. The number of aryl methyl sites for hydroxylation is 1. The van der Waals surface area contributed by atoms with Crippen LogP contribution in [0.15, 0.2) is 24.3 Å². The fourth-order valence-electron chi connectivity index (χ4n) is 3.37. The highest BCUT2D eigenvalue weighted by Gasteiger charge is 2.35. The van der Waals surface area contributed by atoms with Gasteiger partial charge in [-0.1, -0.05) is 25.5 Å². The van der Waals surface area contributed by atoms with E-state index in [0.29, 0.717) is 18.4 Å². The van der Waals surface area contributed by atoms with Crippen molar-refractivity contribution in [1.82, 2.24) is 9.80 Å². The summed E-state index contributed by atoms with van der Waals surface area (Å²) in [6.45, 7) is 3.96. The van der Waals surface area contributed by atoms with E-state index in [0.717, 1.165) is 25.1 Å². The summed E-state index contributed by atoms with van der Waals surface area (Å²) in [4.78, 5) is 16.8. The van der Waals surface area contributed by atoms with Crippen LogP contribution >= 0.6 is 0 Å². The zero-order valence-corrected chi connectivity index (χ0v) is 14.0. The summed E-state index contributed by atoms with van der Waals surface area (Å²) in [5, 5.41) is 9.29. The van der Waals surface area contributed by atoms with Crippen molar-refractivity contribution in [1.29, 1.82) is 0 Å².